The second-order valence-electron chi connectivity index (χ2n) is 5.08. The maximum Gasteiger partial charge on any atom is 0.292 e. The van der Waals surface area contributed by atoms with E-state index in [1.54, 1.807) is 23.4 Å². The van der Waals surface area contributed by atoms with E-state index >= 15 is 0 Å². The number of hydrogen-bond donors (Lipinski definition) is 1. The van der Waals surface area contributed by atoms with Gasteiger partial charge in [0, 0.05) is 13.1 Å². The zero-order chi connectivity index (χ0) is 17.3. The highest BCUT2D eigenvalue weighted by Gasteiger charge is 2.19. The smallest absolute Gasteiger partial charge is 0.292 e. The molecule has 0 bridgehead atoms. The highest BCUT2D eigenvalue weighted by Crippen LogP contribution is 2.29. The molecule has 3 aromatic rings. The summed E-state index contributed by atoms with van der Waals surface area (Å²) in [6.45, 7) is 0.163. The minimum Gasteiger partial charge on any atom is -0.362 e. The first-order chi connectivity index (χ1) is 11.5. The minimum absolute atomic E-state index is 0.115. The number of thiophene rings is 1. The third-order valence-corrected chi connectivity index (χ3v) is 4.37. The molecular formula is C15H11N5O3S. The van der Waals surface area contributed by atoms with Crippen molar-refractivity contribution in [3.8, 4) is 6.07 Å². The second-order valence-corrected chi connectivity index (χ2v) is 5.99. The Bertz CT molecular complexity index is 1030. The summed E-state index contributed by atoms with van der Waals surface area (Å²) in [7, 11) is 1.64. The molecular weight excluding hydrogens is 330 g/mol. The maximum absolute atomic E-state index is 12.0. The summed E-state index contributed by atoms with van der Waals surface area (Å²) >= 11 is 1.30. The van der Waals surface area contributed by atoms with E-state index in [4.69, 9.17) is 5.26 Å². The van der Waals surface area contributed by atoms with Gasteiger partial charge in [0.05, 0.1) is 28.6 Å². The van der Waals surface area contributed by atoms with E-state index in [-0.39, 0.29) is 23.5 Å². The van der Waals surface area contributed by atoms with Crippen LogP contribution in [0.5, 0.6) is 0 Å². The Balaban J connectivity index is 1.99. The summed E-state index contributed by atoms with van der Waals surface area (Å²) in [5.41, 5.74) is 0.839. The second kappa shape index (κ2) is 6.10. The van der Waals surface area contributed by atoms with Gasteiger partial charge in [-0.1, -0.05) is 0 Å². The van der Waals surface area contributed by atoms with Crippen molar-refractivity contribution in [1.82, 2.24) is 9.97 Å². The normalized spacial score (nSPS) is 10.5. The summed E-state index contributed by atoms with van der Waals surface area (Å²) in [5.74, 6) is 0.394. The molecule has 1 N–H and O–H groups in total. The average Bonchev–Trinajstić information content (AvgIpc) is 3.03. The predicted molar refractivity (Wildman–Crippen MR) is 90.2 cm³/mol. The van der Waals surface area contributed by atoms with Crippen molar-refractivity contribution in [2.75, 3.05) is 11.9 Å². The number of rotatable bonds is 4. The Morgan fingerprint density at radius 3 is 2.96 bits per heavy atom. The van der Waals surface area contributed by atoms with Crippen LogP contribution in [0.3, 0.4) is 0 Å². The number of fused-ring (bicyclic) bond motifs is 1. The minimum atomic E-state index is -0.509. The number of aromatic amines is 1. The van der Waals surface area contributed by atoms with E-state index in [2.05, 4.69) is 9.97 Å². The van der Waals surface area contributed by atoms with E-state index in [1.165, 1.54) is 29.5 Å². The van der Waals surface area contributed by atoms with Crippen LogP contribution in [0.1, 0.15) is 11.4 Å². The van der Waals surface area contributed by atoms with Crippen molar-refractivity contribution in [1.29, 1.82) is 5.26 Å². The summed E-state index contributed by atoms with van der Waals surface area (Å²) in [5, 5.41) is 22.0. The third kappa shape index (κ3) is 2.82. The van der Waals surface area contributed by atoms with Crippen LogP contribution in [0.4, 0.5) is 11.4 Å². The molecule has 0 aliphatic rings. The van der Waals surface area contributed by atoms with Gasteiger partial charge in [-0.15, -0.1) is 11.3 Å². The van der Waals surface area contributed by atoms with Crippen molar-refractivity contribution in [2.45, 2.75) is 6.54 Å². The van der Waals surface area contributed by atoms with Crippen LogP contribution in [0.25, 0.3) is 10.2 Å². The SMILES string of the molecule is CN(Cc1nc2ccsc2c(=O)[nH]1)c1cc(C#N)ccc1[N+](=O)[O-]. The fourth-order valence-electron chi connectivity index (χ4n) is 2.36. The van der Waals surface area contributed by atoms with E-state index in [0.717, 1.165) is 0 Å². The van der Waals surface area contributed by atoms with Gasteiger partial charge < -0.3 is 9.88 Å². The van der Waals surface area contributed by atoms with Gasteiger partial charge in [0.15, 0.2) is 0 Å². The fourth-order valence-corrected chi connectivity index (χ4v) is 3.08. The van der Waals surface area contributed by atoms with Crippen LogP contribution in [0.15, 0.2) is 34.4 Å². The van der Waals surface area contributed by atoms with Crippen LogP contribution in [0.2, 0.25) is 0 Å². The van der Waals surface area contributed by atoms with Crippen molar-refractivity contribution in [3.63, 3.8) is 0 Å². The van der Waals surface area contributed by atoms with E-state index in [0.29, 0.717) is 21.6 Å². The number of H-pyrrole nitrogens is 1. The highest BCUT2D eigenvalue weighted by molar-refractivity contribution is 7.17. The van der Waals surface area contributed by atoms with Gasteiger partial charge in [-0.3, -0.25) is 14.9 Å². The molecule has 0 spiro atoms. The number of nitro benzene ring substituents is 1. The Morgan fingerprint density at radius 1 is 1.46 bits per heavy atom. The first kappa shape index (κ1) is 15.6. The van der Waals surface area contributed by atoms with Crippen molar-refractivity contribution in [2.24, 2.45) is 0 Å². The summed E-state index contributed by atoms with van der Waals surface area (Å²) < 4.78 is 0.541. The van der Waals surface area contributed by atoms with Gasteiger partial charge in [-0.05, 0) is 23.6 Å². The molecule has 24 heavy (non-hydrogen) atoms. The number of nitro groups is 1. The highest BCUT2D eigenvalue weighted by atomic mass is 32.1. The number of nitrogens with one attached hydrogen (secondary N) is 1. The molecule has 0 aliphatic carbocycles. The number of anilines is 1. The number of nitrogens with zero attached hydrogens (tertiary/aromatic N) is 4. The lowest BCUT2D eigenvalue weighted by Gasteiger charge is -2.18. The van der Waals surface area contributed by atoms with Crippen molar-refractivity contribution < 1.29 is 4.92 Å². The lowest BCUT2D eigenvalue weighted by atomic mass is 10.1. The largest absolute Gasteiger partial charge is 0.362 e. The number of aromatic nitrogens is 2. The van der Waals surface area contributed by atoms with E-state index in [9.17, 15) is 14.9 Å². The van der Waals surface area contributed by atoms with Crippen LogP contribution < -0.4 is 10.5 Å². The van der Waals surface area contributed by atoms with Crippen LogP contribution in [-0.2, 0) is 6.54 Å². The Kier molecular flexibility index (Phi) is 3.97. The standard InChI is InChI=1S/C15H11N5O3S/c1-19(12-6-9(7-16)2-3-11(12)20(22)23)8-13-17-10-4-5-24-14(10)15(21)18-13/h2-6H,8H2,1H3,(H,17,18,21). The van der Waals surface area contributed by atoms with Crippen LogP contribution in [0, 0.1) is 21.4 Å². The molecule has 120 valence electrons. The molecule has 8 nitrogen and oxygen atoms in total. The first-order valence-corrected chi connectivity index (χ1v) is 7.73. The lowest BCUT2D eigenvalue weighted by molar-refractivity contribution is -0.384. The fraction of sp³-hybridized carbons (Fsp3) is 0.133. The molecule has 1 aromatic carbocycles. The summed E-state index contributed by atoms with van der Waals surface area (Å²) in [6, 6.07) is 7.84. The maximum atomic E-state index is 12.0. The monoisotopic (exact) mass is 341 g/mol. The molecule has 0 radical (unpaired) electrons. The molecule has 0 atom stereocenters. The molecule has 0 amide bonds. The van der Waals surface area contributed by atoms with Crippen molar-refractivity contribution >= 4 is 32.9 Å². The average molecular weight is 341 g/mol. The molecule has 0 aliphatic heterocycles. The van der Waals surface area contributed by atoms with Gasteiger partial charge in [-0.25, -0.2) is 4.98 Å². The third-order valence-electron chi connectivity index (χ3n) is 3.46. The van der Waals surface area contributed by atoms with E-state index < -0.39 is 4.92 Å². The Morgan fingerprint density at radius 2 is 2.25 bits per heavy atom. The Labute approximate surface area is 139 Å². The van der Waals surface area contributed by atoms with Crippen LogP contribution in [-0.4, -0.2) is 21.9 Å². The molecule has 0 fully saturated rings. The first-order valence-electron chi connectivity index (χ1n) is 6.85. The van der Waals surface area contributed by atoms with Gasteiger partial charge in [0.25, 0.3) is 11.2 Å². The van der Waals surface area contributed by atoms with Gasteiger partial charge in [-0.2, -0.15) is 5.26 Å². The quantitative estimate of drug-likeness (QED) is 0.575. The Hall–Kier alpha value is -3.25. The predicted octanol–water partition coefficient (Wildman–Crippen LogP) is 2.40. The topological polar surface area (TPSA) is 116 Å². The van der Waals surface area contributed by atoms with Crippen LogP contribution >= 0.6 is 11.3 Å². The molecule has 0 unspecified atom stereocenters. The van der Waals surface area contributed by atoms with Crippen molar-refractivity contribution in [3.05, 3.63) is 61.5 Å². The molecule has 3 rings (SSSR count). The summed E-state index contributed by atoms with van der Waals surface area (Å²) in [6.07, 6.45) is 0. The number of nitriles is 1. The molecule has 2 heterocycles. The zero-order valence-electron chi connectivity index (χ0n) is 12.5. The number of hydrogen-bond acceptors (Lipinski definition) is 7. The molecule has 9 heteroatoms. The number of benzene rings is 1. The molecule has 0 saturated carbocycles. The van der Waals surface area contributed by atoms with Gasteiger partial charge >= 0.3 is 0 Å². The molecule has 0 saturated heterocycles. The van der Waals surface area contributed by atoms with Gasteiger partial charge in [0.2, 0.25) is 0 Å². The van der Waals surface area contributed by atoms with E-state index in [1.807, 2.05) is 6.07 Å². The lowest BCUT2D eigenvalue weighted by Crippen LogP contribution is -2.22. The molecule has 2 aromatic heterocycles. The van der Waals surface area contributed by atoms with Gasteiger partial charge in [0.1, 0.15) is 16.2 Å². The zero-order valence-corrected chi connectivity index (χ0v) is 13.3. The summed E-state index contributed by atoms with van der Waals surface area (Å²) in [4.78, 5) is 31.3.